The molecule has 0 aliphatic heterocycles. The third-order valence-electron chi connectivity index (χ3n) is 0.192. The minimum Gasteiger partial charge on any atom is -0.474 e. The summed E-state index contributed by atoms with van der Waals surface area (Å²) in [5, 5.41) is 0. The maximum absolute atomic E-state index is 4.36. The summed E-state index contributed by atoms with van der Waals surface area (Å²) in [6.45, 7) is 6.51. The summed E-state index contributed by atoms with van der Waals surface area (Å²) >= 11 is 0. The van der Waals surface area contributed by atoms with Crippen LogP contribution in [-0.2, 0) is 24.2 Å². The molecular weight excluding hydrogens is 165 g/mol. The van der Waals surface area contributed by atoms with Crippen molar-refractivity contribution >= 4 is 0 Å². The molecule has 0 saturated carbocycles. The molecule has 0 unspecified atom stereocenters. The fourth-order valence-electron chi connectivity index (χ4n) is 0.0680. The summed E-state index contributed by atoms with van der Waals surface area (Å²) < 4.78 is 4.36. The summed E-state index contributed by atoms with van der Waals surface area (Å²) in [7, 11) is 0. The summed E-state index contributed by atoms with van der Waals surface area (Å²) in [6, 6.07) is 0. The van der Waals surface area contributed by atoms with Crippen LogP contribution >= 0.6 is 0 Å². The molecule has 0 spiro atoms. The Hall–Kier alpha value is -0.0966. The van der Waals surface area contributed by atoms with E-state index < -0.39 is 0 Å². The smallest absolute Gasteiger partial charge is 0.0829 e. The van der Waals surface area contributed by atoms with Crippen molar-refractivity contribution in [2.24, 2.45) is 0 Å². The molecule has 6 heavy (non-hydrogen) atoms. The van der Waals surface area contributed by atoms with Gasteiger partial charge in [0, 0.05) is 19.5 Å². The van der Waals surface area contributed by atoms with E-state index in [1.807, 2.05) is 0 Å². The van der Waals surface area contributed by atoms with E-state index in [1.165, 1.54) is 12.5 Å². The molecule has 0 aliphatic rings. The van der Waals surface area contributed by atoms with Crippen LogP contribution in [0, 0.1) is 0 Å². The van der Waals surface area contributed by atoms with Gasteiger partial charge >= 0.3 is 0 Å². The molecular formula is C4H6ORu. The van der Waals surface area contributed by atoms with Crippen LogP contribution in [0.15, 0.2) is 25.7 Å². The normalized spacial score (nSPS) is 4.67. The van der Waals surface area contributed by atoms with Gasteiger partial charge in [0.25, 0.3) is 0 Å². The Kier molecular flexibility index (Phi) is 13.8. The largest absolute Gasteiger partial charge is 0.474 e. The molecule has 0 aromatic carbocycles. The van der Waals surface area contributed by atoms with Crippen molar-refractivity contribution in [1.29, 1.82) is 0 Å². The van der Waals surface area contributed by atoms with E-state index >= 15 is 0 Å². The number of hydrogen-bond acceptors (Lipinski definition) is 1. The summed E-state index contributed by atoms with van der Waals surface area (Å²) in [5.41, 5.74) is 0. The SMILES string of the molecule is C=COC=C.[Ru]. The number of rotatable bonds is 2. The predicted molar refractivity (Wildman–Crippen MR) is 21.5 cm³/mol. The van der Waals surface area contributed by atoms with Gasteiger partial charge in [0.1, 0.15) is 0 Å². The second kappa shape index (κ2) is 8.86. The van der Waals surface area contributed by atoms with Crippen molar-refractivity contribution < 1.29 is 24.2 Å². The zero-order chi connectivity index (χ0) is 4.12. The molecule has 0 aromatic rings. The number of hydrogen-bond donors (Lipinski definition) is 0. The van der Waals surface area contributed by atoms with E-state index in [0.29, 0.717) is 0 Å². The molecule has 36 valence electrons. The Morgan fingerprint density at radius 3 is 1.50 bits per heavy atom. The molecule has 0 radical (unpaired) electrons. The molecule has 0 aliphatic carbocycles. The Balaban J connectivity index is 0. The van der Waals surface area contributed by atoms with Gasteiger partial charge in [-0.05, 0) is 0 Å². The molecule has 0 heterocycles. The molecule has 2 heteroatoms. The monoisotopic (exact) mass is 172 g/mol. The van der Waals surface area contributed by atoms with Gasteiger partial charge in [0.15, 0.2) is 0 Å². The maximum Gasteiger partial charge on any atom is 0.0829 e. The van der Waals surface area contributed by atoms with Crippen LogP contribution in [0.25, 0.3) is 0 Å². The summed E-state index contributed by atoms with van der Waals surface area (Å²) in [6.07, 6.45) is 2.62. The summed E-state index contributed by atoms with van der Waals surface area (Å²) in [5.74, 6) is 0. The average molecular weight is 171 g/mol. The predicted octanol–water partition coefficient (Wildman–Crippen LogP) is 1.29. The average Bonchev–Trinajstić information content (AvgIpc) is 1.41. The molecule has 1 nitrogen and oxygen atoms in total. The minimum absolute atomic E-state index is 0. The van der Waals surface area contributed by atoms with Gasteiger partial charge in [-0.1, -0.05) is 13.2 Å². The van der Waals surface area contributed by atoms with E-state index in [0.717, 1.165) is 0 Å². The van der Waals surface area contributed by atoms with Gasteiger partial charge in [0.2, 0.25) is 0 Å². The van der Waals surface area contributed by atoms with Gasteiger partial charge in [-0.2, -0.15) is 0 Å². The first kappa shape index (κ1) is 9.32. The minimum atomic E-state index is 0. The third kappa shape index (κ3) is 9.08. The van der Waals surface area contributed by atoms with Crippen molar-refractivity contribution in [3.8, 4) is 0 Å². The van der Waals surface area contributed by atoms with Crippen molar-refractivity contribution in [1.82, 2.24) is 0 Å². The number of ether oxygens (including phenoxy) is 1. The van der Waals surface area contributed by atoms with Gasteiger partial charge in [0.05, 0.1) is 12.5 Å². The van der Waals surface area contributed by atoms with Crippen molar-refractivity contribution in [2.45, 2.75) is 0 Å². The van der Waals surface area contributed by atoms with Gasteiger partial charge in [-0.3, -0.25) is 0 Å². The Labute approximate surface area is 50.5 Å². The first-order chi connectivity index (χ1) is 2.41. The van der Waals surface area contributed by atoms with Crippen LogP contribution in [0.4, 0.5) is 0 Å². The van der Waals surface area contributed by atoms with Gasteiger partial charge in [-0.25, -0.2) is 0 Å². The molecule has 0 amide bonds. The third-order valence-corrected chi connectivity index (χ3v) is 0.192. The van der Waals surface area contributed by atoms with Crippen LogP contribution < -0.4 is 0 Å². The van der Waals surface area contributed by atoms with Crippen molar-refractivity contribution in [2.75, 3.05) is 0 Å². The first-order valence-corrected chi connectivity index (χ1v) is 1.29. The van der Waals surface area contributed by atoms with Crippen LogP contribution in [-0.4, -0.2) is 0 Å². The van der Waals surface area contributed by atoms with Crippen molar-refractivity contribution in [3.63, 3.8) is 0 Å². The molecule has 0 N–H and O–H groups in total. The van der Waals surface area contributed by atoms with E-state index in [2.05, 4.69) is 17.9 Å². The second-order valence-corrected chi connectivity index (χ2v) is 0.469. The van der Waals surface area contributed by atoms with E-state index in [-0.39, 0.29) is 19.5 Å². The van der Waals surface area contributed by atoms with Gasteiger partial charge < -0.3 is 4.74 Å². The zero-order valence-electron chi connectivity index (χ0n) is 3.33. The van der Waals surface area contributed by atoms with Crippen LogP contribution in [0.1, 0.15) is 0 Å². The maximum atomic E-state index is 4.36. The molecule has 0 aromatic heterocycles. The Morgan fingerprint density at radius 1 is 1.17 bits per heavy atom. The van der Waals surface area contributed by atoms with E-state index in [9.17, 15) is 0 Å². The van der Waals surface area contributed by atoms with Crippen LogP contribution in [0.2, 0.25) is 0 Å². The van der Waals surface area contributed by atoms with Crippen molar-refractivity contribution in [3.05, 3.63) is 25.7 Å². The second-order valence-electron chi connectivity index (χ2n) is 0.469. The fraction of sp³-hybridized carbons (Fsp3) is 0. The van der Waals surface area contributed by atoms with Gasteiger partial charge in [-0.15, -0.1) is 0 Å². The van der Waals surface area contributed by atoms with Crippen LogP contribution in [0.5, 0.6) is 0 Å². The zero-order valence-corrected chi connectivity index (χ0v) is 5.07. The molecule has 0 rings (SSSR count). The molecule has 0 fully saturated rings. The quantitative estimate of drug-likeness (QED) is 0.449. The van der Waals surface area contributed by atoms with E-state index in [4.69, 9.17) is 0 Å². The first-order valence-electron chi connectivity index (χ1n) is 1.29. The fourth-order valence-corrected chi connectivity index (χ4v) is 0.0680. The Morgan fingerprint density at radius 2 is 1.50 bits per heavy atom. The standard InChI is InChI=1S/C4H6O.Ru/c1-3-5-4-2;/h3-4H,1-2H2;. The van der Waals surface area contributed by atoms with E-state index in [1.54, 1.807) is 0 Å². The Bertz CT molecular complexity index is 36.8. The topological polar surface area (TPSA) is 9.23 Å². The molecule has 0 bridgehead atoms. The van der Waals surface area contributed by atoms with Crippen LogP contribution in [0.3, 0.4) is 0 Å². The molecule has 0 saturated heterocycles. The summed E-state index contributed by atoms with van der Waals surface area (Å²) in [4.78, 5) is 0. The molecule has 0 atom stereocenters.